The number of ether oxygens (including phenoxy) is 3. The first-order valence-corrected chi connectivity index (χ1v) is 10.6. The van der Waals surface area contributed by atoms with Crippen LogP contribution in [0.15, 0.2) is 35.9 Å². The maximum atomic E-state index is 13.8. The number of allylic oxidation sites excluding steroid dienone is 1. The minimum Gasteiger partial charge on any atom is -0.468 e. The Morgan fingerprint density at radius 3 is 2.90 bits per heavy atom. The largest absolute Gasteiger partial charge is 0.468 e. The van der Waals surface area contributed by atoms with Gasteiger partial charge >= 0.3 is 11.9 Å². The van der Waals surface area contributed by atoms with Gasteiger partial charge in [-0.1, -0.05) is 29.8 Å². The Kier molecular flexibility index (Phi) is 3.46. The molecule has 4 bridgehead atoms. The fourth-order valence-electron chi connectivity index (χ4n) is 7.51. The Hall–Kier alpha value is -2.38. The summed E-state index contributed by atoms with van der Waals surface area (Å²) >= 11 is 0. The number of hydrogen-bond acceptors (Lipinski definition) is 7. The number of para-hydroxylation sites is 1. The highest BCUT2D eigenvalue weighted by Crippen LogP contribution is 2.76. The summed E-state index contributed by atoms with van der Waals surface area (Å²) in [5.41, 5.74) is 0.775. The second-order valence-corrected chi connectivity index (χ2v) is 9.17. The molecule has 4 aliphatic heterocycles. The second kappa shape index (κ2) is 5.65. The highest BCUT2D eigenvalue weighted by molar-refractivity contribution is 5.86. The Labute approximate surface area is 175 Å². The molecule has 1 aromatic carbocycles. The Morgan fingerprint density at radius 1 is 1.37 bits per heavy atom. The lowest BCUT2D eigenvalue weighted by atomic mass is 9.42. The number of fused-ring (bicyclic) bond motifs is 4. The van der Waals surface area contributed by atoms with Crippen LogP contribution in [0.2, 0.25) is 0 Å². The van der Waals surface area contributed by atoms with Gasteiger partial charge in [-0.2, -0.15) is 0 Å². The molecule has 1 aromatic rings. The van der Waals surface area contributed by atoms with E-state index < -0.39 is 22.5 Å². The molecule has 5 aliphatic rings. The summed E-state index contributed by atoms with van der Waals surface area (Å²) in [4.78, 5) is 28.2. The zero-order valence-electron chi connectivity index (χ0n) is 17.4. The lowest BCUT2D eigenvalue weighted by molar-refractivity contribution is -0.196. The molecule has 1 N–H and O–H groups in total. The fraction of sp³-hybridized carbons (Fsp3) is 0.565. The molecule has 3 saturated heterocycles. The molecule has 4 heterocycles. The molecule has 0 aromatic heterocycles. The van der Waals surface area contributed by atoms with Crippen LogP contribution in [0.4, 0.5) is 5.69 Å². The number of rotatable bonds is 3. The molecule has 0 amide bonds. The summed E-state index contributed by atoms with van der Waals surface area (Å²) in [6.07, 6.45) is 3.45. The third-order valence-corrected chi connectivity index (χ3v) is 8.44. The van der Waals surface area contributed by atoms with Gasteiger partial charge < -0.3 is 19.5 Å². The van der Waals surface area contributed by atoms with Crippen molar-refractivity contribution in [2.24, 2.45) is 11.3 Å². The molecule has 1 aliphatic carbocycles. The van der Waals surface area contributed by atoms with Crippen molar-refractivity contribution >= 4 is 17.6 Å². The van der Waals surface area contributed by atoms with Crippen LogP contribution >= 0.6 is 0 Å². The third kappa shape index (κ3) is 1.70. The lowest BCUT2D eigenvalue weighted by Gasteiger charge is -2.64. The molecule has 30 heavy (non-hydrogen) atoms. The summed E-state index contributed by atoms with van der Waals surface area (Å²) < 4.78 is 17.9. The molecule has 6 rings (SSSR count). The van der Waals surface area contributed by atoms with Gasteiger partial charge in [0, 0.05) is 31.5 Å². The number of nitrogens with one attached hydrogen (secondary N) is 1. The zero-order chi connectivity index (χ0) is 20.9. The van der Waals surface area contributed by atoms with E-state index in [1.165, 1.54) is 19.6 Å². The average Bonchev–Trinajstić information content (AvgIpc) is 3.35. The number of nitrogens with zero attached hydrogens (tertiary/aromatic N) is 1. The van der Waals surface area contributed by atoms with Gasteiger partial charge in [-0.25, -0.2) is 0 Å². The van der Waals surface area contributed by atoms with E-state index >= 15 is 0 Å². The van der Waals surface area contributed by atoms with Crippen LogP contribution < -0.4 is 5.32 Å². The van der Waals surface area contributed by atoms with Crippen molar-refractivity contribution in [2.45, 2.75) is 50.1 Å². The number of carbonyl (C=O) groups is 2. The maximum absolute atomic E-state index is 13.8. The van der Waals surface area contributed by atoms with Crippen molar-refractivity contribution in [3.05, 3.63) is 41.5 Å². The van der Waals surface area contributed by atoms with E-state index in [4.69, 9.17) is 14.2 Å². The summed E-state index contributed by atoms with van der Waals surface area (Å²) in [7, 11) is 1.43. The number of carbonyl (C=O) groups excluding carboxylic acids is 2. The first kappa shape index (κ1) is 18.4. The van der Waals surface area contributed by atoms with Gasteiger partial charge in [-0.05, 0) is 25.0 Å². The molecule has 0 radical (unpaired) electrons. The van der Waals surface area contributed by atoms with Gasteiger partial charge in [-0.15, -0.1) is 0 Å². The first-order valence-electron chi connectivity index (χ1n) is 10.6. The van der Waals surface area contributed by atoms with Gasteiger partial charge in [0.25, 0.3) is 0 Å². The predicted molar refractivity (Wildman–Crippen MR) is 107 cm³/mol. The number of methoxy groups -OCH3 is 1. The van der Waals surface area contributed by atoms with Gasteiger partial charge in [0.2, 0.25) is 0 Å². The fourth-order valence-corrected chi connectivity index (χ4v) is 7.51. The van der Waals surface area contributed by atoms with Gasteiger partial charge in [0.15, 0.2) is 5.72 Å². The molecule has 158 valence electrons. The predicted octanol–water partition coefficient (Wildman–Crippen LogP) is 2.18. The van der Waals surface area contributed by atoms with E-state index in [2.05, 4.69) is 22.4 Å². The van der Waals surface area contributed by atoms with Crippen LogP contribution in [0.1, 0.15) is 32.3 Å². The van der Waals surface area contributed by atoms with E-state index in [-0.39, 0.29) is 30.8 Å². The smallest absolute Gasteiger partial charge is 0.317 e. The van der Waals surface area contributed by atoms with Crippen molar-refractivity contribution in [1.82, 2.24) is 4.90 Å². The van der Waals surface area contributed by atoms with E-state index in [9.17, 15) is 9.59 Å². The topological polar surface area (TPSA) is 77.1 Å². The average molecular weight is 410 g/mol. The SMILES string of the molecule is CC=C1CN2C3CC45c6ccccc6NC4(O3)C2CC1C5(COC(C)=O)C(=O)OC. The zero-order valence-corrected chi connectivity index (χ0v) is 17.4. The van der Waals surface area contributed by atoms with Crippen molar-refractivity contribution in [2.75, 3.05) is 25.6 Å². The van der Waals surface area contributed by atoms with Crippen LogP contribution in [0.3, 0.4) is 0 Å². The molecule has 7 heteroatoms. The Balaban J connectivity index is 1.69. The minimum atomic E-state index is -1.06. The first-order chi connectivity index (χ1) is 14.4. The van der Waals surface area contributed by atoms with Crippen LogP contribution in [0.25, 0.3) is 0 Å². The normalized spacial score (nSPS) is 43.3. The molecule has 7 nitrogen and oxygen atoms in total. The molecule has 6 unspecified atom stereocenters. The van der Waals surface area contributed by atoms with Crippen LogP contribution in [-0.4, -0.2) is 55.1 Å². The van der Waals surface area contributed by atoms with Crippen molar-refractivity contribution < 1.29 is 23.8 Å². The molecule has 1 spiro atoms. The Morgan fingerprint density at radius 2 is 2.17 bits per heavy atom. The summed E-state index contributed by atoms with van der Waals surface area (Å²) in [6.45, 7) is 4.15. The Bertz CT molecular complexity index is 1010. The molecule has 4 fully saturated rings. The summed E-state index contributed by atoms with van der Waals surface area (Å²) in [5, 5.41) is 3.70. The number of hydrogen-bond donors (Lipinski definition) is 1. The minimum absolute atomic E-state index is 0.0163. The van der Waals surface area contributed by atoms with Crippen LogP contribution in [0.5, 0.6) is 0 Å². The maximum Gasteiger partial charge on any atom is 0.317 e. The third-order valence-electron chi connectivity index (χ3n) is 8.44. The van der Waals surface area contributed by atoms with E-state index in [1.807, 2.05) is 25.1 Å². The lowest BCUT2D eigenvalue weighted by Crippen LogP contribution is -2.78. The molecule has 1 saturated carbocycles. The monoisotopic (exact) mass is 410 g/mol. The summed E-state index contributed by atoms with van der Waals surface area (Å²) in [6, 6.07) is 8.28. The van der Waals surface area contributed by atoms with Gasteiger partial charge in [0.1, 0.15) is 18.2 Å². The number of piperidine rings is 2. The quantitative estimate of drug-likeness (QED) is 0.605. The summed E-state index contributed by atoms with van der Waals surface area (Å²) in [5.74, 6) is -0.804. The van der Waals surface area contributed by atoms with E-state index in [0.29, 0.717) is 6.42 Å². The van der Waals surface area contributed by atoms with Crippen LogP contribution in [-0.2, 0) is 29.2 Å². The second-order valence-electron chi connectivity index (χ2n) is 9.17. The number of benzene rings is 1. The van der Waals surface area contributed by atoms with Crippen molar-refractivity contribution in [3.8, 4) is 0 Å². The molecular formula is C23H26N2O5. The van der Waals surface area contributed by atoms with E-state index in [1.54, 1.807) is 0 Å². The van der Waals surface area contributed by atoms with Crippen molar-refractivity contribution in [1.29, 1.82) is 0 Å². The molecule has 6 atom stereocenters. The van der Waals surface area contributed by atoms with Gasteiger partial charge in [-0.3, -0.25) is 14.5 Å². The standard InChI is InChI=1S/C23H26N2O5/c1-4-14-11-25-18-9-16(14)21(20(27)28-3,12-29-13(2)26)22-10-19(25)30-23(18,22)24-17-8-6-5-7-15(17)22/h4-8,16,18-19,24H,9-12H2,1-3H3. The van der Waals surface area contributed by atoms with Gasteiger partial charge in [0.05, 0.1) is 18.6 Å². The number of anilines is 1. The van der Waals surface area contributed by atoms with E-state index in [0.717, 1.165) is 24.2 Å². The highest BCUT2D eigenvalue weighted by atomic mass is 16.6. The molecular weight excluding hydrogens is 384 g/mol. The highest BCUT2D eigenvalue weighted by Gasteiger charge is 2.87. The number of esters is 2. The van der Waals surface area contributed by atoms with Crippen LogP contribution in [0, 0.1) is 11.3 Å². The van der Waals surface area contributed by atoms with Crippen molar-refractivity contribution in [3.63, 3.8) is 0 Å².